The summed E-state index contributed by atoms with van der Waals surface area (Å²) in [5.41, 5.74) is 4.26. The van der Waals surface area contributed by atoms with Gasteiger partial charge < -0.3 is 40.3 Å². The van der Waals surface area contributed by atoms with Gasteiger partial charge in [0.25, 0.3) is 0 Å². The highest BCUT2D eigenvalue weighted by Gasteiger charge is 2.49. The predicted molar refractivity (Wildman–Crippen MR) is 239 cm³/mol. The Hall–Kier alpha value is -4.99. The largest absolute Gasteiger partial charge is 0.508 e. The van der Waals surface area contributed by atoms with Gasteiger partial charge in [-0.25, -0.2) is 4.79 Å². The highest BCUT2D eigenvalue weighted by Crippen LogP contribution is 2.45. The average Bonchev–Trinajstić information content (AvgIpc) is 3.25. The number of anilines is 1. The number of carbonyl (C=O) groups is 3. The monoisotopic (exact) mass is 861 g/mol. The molecule has 4 aliphatic rings. The Morgan fingerprint density at radius 1 is 0.937 bits per heavy atom. The zero-order valence-electron chi connectivity index (χ0n) is 36.8. The first-order valence-electron chi connectivity index (χ1n) is 23.0. The summed E-state index contributed by atoms with van der Waals surface area (Å²) < 4.78 is 12.2. The van der Waals surface area contributed by atoms with Crippen LogP contribution in [0.25, 0.3) is 0 Å². The zero-order valence-corrected chi connectivity index (χ0v) is 36.8. The van der Waals surface area contributed by atoms with E-state index in [1.165, 1.54) is 12.1 Å². The second-order valence-electron chi connectivity index (χ2n) is 18.3. The Kier molecular flexibility index (Phi) is 14.8. The molecule has 0 radical (unpaired) electrons. The van der Waals surface area contributed by atoms with Gasteiger partial charge in [-0.3, -0.25) is 9.59 Å². The van der Waals surface area contributed by atoms with Crippen LogP contribution >= 0.6 is 0 Å². The van der Waals surface area contributed by atoms with Crippen LogP contribution in [0.3, 0.4) is 0 Å². The molecule has 336 valence electrons. The van der Waals surface area contributed by atoms with Crippen LogP contribution < -0.4 is 10.1 Å². The van der Waals surface area contributed by atoms with Gasteiger partial charge in [0, 0.05) is 60.5 Å². The van der Waals surface area contributed by atoms with E-state index >= 15 is 4.79 Å². The fraction of sp³-hybridized carbons (Fsp3) is 0.519. The summed E-state index contributed by atoms with van der Waals surface area (Å²) >= 11 is 0. The van der Waals surface area contributed by atoms with Gasteiger partial charge in [0.1, 0.15) is 29.0 Å². The van der Waals surface area contributed by atoms with Gasteiger partial charge in [-0.1, -0.05) is 75.3 Å². The van der Waals surface area contributed by atoms with Crippen molar-refractivity contribution in [2.24, 2.45) is 11.8 Å². The van der Waals surface area contributed by atoms with E-state index in [4.69, 9.17) is 9.47 Å². The molecule has 3 aromatic carbocycles. The van der Waals surface area contributed by atoms with Crippen LogP contribution in [0.1, 0.15) is 136 Å². The van der Waals surface area contributed by atoms with E-state index in [2.05, 4.69) is 24.1 Å². The molecule has 8 bridgehead atoms. The Balaban J connectivity index is 1.44. The van der Waals surface area contributed by atoms with Crippen LogP contribution in [-0.2, 0) is 51.4 Å². The smallest absolute Gasteiger partial charge is 0.334 e. The fourth-order valence-corrected chi connectivity index (χ4v) is 10.2. The molecule has 11 nitrogen and oxygen atoms in total. The number of phenolic OH excluding ortho intramolecular Hbond substituents is 1. The number of nitrogens with one attached hydrogen (secondary N) is 1. The van der Waals surface area contributed by atoms with Gasteiger partial charge in [0.2, 0.25) is 0 Å². The van der Waals surface area contributed by atoms with Crippen molar-refractivity contribution < 1.29 is 49.4 Å². The molecule has 8 atom stereocenters. The molecule has 1 saturated carbocycles. The first-order valence-corrected chi connectivity index (χ1v) is 23.0. The quantitative estimate of drug-likeness (QED) is 0.0503. The minimum atomic E-state index is -1.62. The topological polar surface area (TPSA) is 183 Å². The van der Waals surface area contributed by atoms with E-state index < -0.39 is 53.6 Å². The number of unbranched alkanes of at least 4 members (excludes halogenated alkanes) is 2. The van der Waals surface area contributed by atoms with E-state index in [1.807, 2.05) is 43.3 Å². The Labute approximate surface area is 370 Å². The van der Waals surface area contributed by atoms with E-state index in [-0.39, 0.29) is 80.4 Å². The number of carbonyl (C=O) groups excluding carboxylic acids is 3. The number of benzene rings is 3. The molecule has 7 rings (SSSR count). The second-order valence-corrected chi connectivity index (χ2v) is 18.3. The van der Waals surface area contributed by atoms with Crippen molar-refractivity contribution in [3.05, 3.63) is 99.1 Å². The van der Waals surface area contributed by atoms with Crippen molar-refractivity contribution in [1.82, 2.24) is 0 Å². The maximum atomic E-state index is 15.0. The summed E-state index contributed by atoms with van der Waals surface area (Å²) in [6, 6.07) is 14.7. The van der Waals surface area contributed by atoms with E-state index in [0.717, 1.165) is 41.6 Å². The number of rotatable bonds is 11. The number of aromatic hydroxyl groups is 1. The molecular weight excluding hydrogens is 799 g/mol. The molecule has 0 amide bonds. The van der Waals surface area contributed by atoms with Crippen molar-refractivity contribution in [3.63, 3.8) is 0 Å². The summed E-state index contributed by atoms with van der Waals surface area (Å²) in [7, 11) is 0. The third kappa shape index (κ3) is 10.7. The minimum Gasteiger partial charge on any atom is -0.508 e. The molecule has 8 unspecified atom stereocenters. The van der Waals surface area contributed by atoms with Crippen LogP contribution in [-0.4, -0.2) is 73.7 Å². The molecule has 63 heavy (non-hydrogen) atoms. The Bertz CT molecular complexity index is 2270. The van der Waals surface area contributed by atoms with Crippen molar-refractivity contribution in [2.45, 2.75) is 153 Å². The molecular formula is C52H63NO10. The van der Waals surface area contributed by atoms with Gasteiger partial charge in [-0.2, -0.15) is 0 Å². The molecule has 0 aromatic heterocycles. The Morgan fingerprint density at radius 2 is 1.71 bits per heavy atom. The molecule has 3 aliphatic heterocycles. The number of aliphatic hydroxyl groups excluding tert-OH is 3. The number of Topliss-reactive ketones (excluding diaryl/α,β-unsaturated/α-hetero) is 1. The van der Waals surface area contributed by atoms with Gasteiger partial charge >= 0.3 is 11.9 Å². The summed E-state index contributed by atoms with van der Waals surface area (Å²) in [5, 5.41) is 61.0. The lowest BCUT2D eigenvalue weighted by Crippen LogP contribution is -2.54. The second kappa shape index (κ2) is 20.2. The van der Waals surface area contributed by atoms with Crippen LogP contribution in [0.2, 0.25) is 0 Å². The first kappa shape index (κ1) is 46.0. The number of ether oxygens (including phenoxy) is 2. The van der Waals surface area contributed by atoms with E-state index in [9.17, 15) is 35.1 Å². The molecule has 1 aliphatic carbocycles. The molecule has 1 fully saturated rings. The van der Waals surface area contributed by atoms with Gasteiger partial charge in [-0.05, 0) is 109 Å². The van der Waals surface area contributed by atoms with Gasteiger partial charge in [0.15, 0.2) is 0 Å². The fourth-order valence-electron chi connectivity index (χ4n) is 10.2. The highest BCUT2D eigenvalue weighted by atomic mass is 16.6. The maximum Gasteiger partial charge on any atom is 0.334 e. The maximum absolute atomic E-state index is 15.0. The summed E-state index contributed by atoms with van der Waals surface area (Å²) in [4.78, 5) is 41.6. The predicted octanol–water partition coefficient (Wildman–Crippen LogP) is 7.05. The third-order valence-corrected chi connectivity index (χ3v) is 13.5. The van der Waals surface area contributed by atoms with Crippen molar-refractivity contribution in [1.29, 1.82) is 0 Å². The lowest BCUT2D eigenvalue weighted by Gasteiger charge is -2.45. The summed E-state index contributed by atoms with van der Waals surface area (Å²) in [5.74, 6) is 3.41. The lowest BCUT2D eigenvalue weighted by atomic mass is 9.66. The SMILES string of the molecule is CCCCCc1c(CO)cc(C2C#CC3CC(=O)Oc4cc(O)c(cc43)CC3OC(=O)C(=CC(O)Cc4cccc(c4)CC4CC(CCC4=O)C3(O)CCC)C2)cc1NCC(C)O. The van der Waals surface area contributed by atoms with Crippen LogP contribution in [0.5, 0.6) is 11.5 Å². The molecule has 0 spiro atoms. The summed E-state index contributed by atoms with van der Waals surface area (Å²) in [6.45, 7) is 5.76. The Morgan fingerprint density at radius 3 is 2.46 bits per heavy atom. The van der Waals surface area contributed by atoms with E-state index in [1.54, 1.807) is 13.0 Å². The van der Waals surface area contributed by atoms with Crippen LogP contribution in [0.4, 0.5) is 5.69 Å². The van der Waals surface area contributed by atoms with Crippen molar-refractivity contribution in [2.75, 3.05) is 11.9 Å². The first-order chi connectivity index (χ1) is 30.3. The molecule has 6 N–H and O–H groups in total. The average molecular weight is 862 g/mol. The van der Waals surface area contributed by atoms with Crippen LogP contribution in [0.15, 0.2) is 60.2 Å². The number of esters is 2. The molecule has 3 aromatic rings. The van der Waals surface area contributed by atoms with Gasteiger partial charge in [0.05, 0.1) is 31.2 Å². The minimum absolute atomic E-state index is 0.0371. The zero-order chi connectivity index (χ0) is 44.8. The number of aliphatic hydroxyl groups is 4. The third-order valence-electron chi connectivity index (χ3n) is 13.5. The number of hydrogen-bond donors (Lipinski definition) is 6. The number of phenols is 1. The lowest BCUT2D eigenvalue weighted by molar-refractivity contribution is -0.176. The van der Waals surface area contributed by atoms with Crippen molar-refractivity contribution in [3.8, 4) is 23.3 Å². The molecule has 3 heterocycles. The highest BCUT2D eigenvalue weighted by molar-refractivity contribution is 5.89. The van der Waals surface area contributed by atoms with Crippen molar-refractivity contribution >= 4 is 23.4 Å². The normalized spacial score (nSPS) is 26.5. The number of hydrogen-bond acceptors (Lipinski definition) is 11. The summed E-state index contributed by atoms with van der Waals surface area (Å²) in [6.07, 6.45) is 4.43. The molecule has 11 heteroatoms. The molecule has 0 saturated heterocycles. The van der Waals surface area contributed by atoms with Crippen LogP contribution in [0, 0.1) is 23.7 Å². The van der Waals surface area contributed by atoms with E-state index in [0.29, 0.717) is 54.4 Å². The standard InChI is InChI=1S/C52H63NO10/c1-4-6-7-11-43-40(30-54)21-36(25-45(43)53-29-31(3)55)34-12-13-35-27-50(59)62-48-28-47(58)38(24-44(35)48)26-49-52(61,16-5-2)41-14-15-46(57)37(22-41)18-32-9-8-10-33(17-32)19-42(56)23-39(20-34)51(60)63-49/h8-10,17,21,23-25,28,31,34-35,37,41-42,49,53-56,58,61H,4-7,11,14-16,18-20,22,26-27,29-30H2,1-3H3. The number of fused-ring (bicyclic) bond motifs is 8. The van der Waals surface area contributed by atoms with Gasteiger partial charge in [-0.15, -0.1) is 0 Å². The number of ketones is 1.